The molecule has 2 rings (SSSR count). The molecule has 0 saturated carbocycles. The zero-order valence-electron chi connectivity index (χ0n) is 10.8. The Bertz CT molecular complexity index is 616. The monoisotopic (exact) mass is 433 g/mol. The van der Waals surface area contributed by atoms with E-state index >= 15 is 0 Å². The van der Waals surface area contributed by atoms with Gasteiger partial charge < -0.3 is 10.0 Å². The summed E-state index contributed by atoms with van der Waals surface area (Å²) in [5.41, 5.74) is 0.517. The van der Waals surface area contributed by atoms with E-state index in [0.29, 0.717) is 10.2 Å². The summed E-state index contributed by atoms with van der Waals surface area (Å²) >= 11 is 3.18. The molecule has 1 radical (unpaired) electrons. The molecule has 0 saturated heterocycles. The van der Waals surface area contributed by atoms with E-state index in [2.05, 4.69) is 28.6 Å². The number of alkyl halides is 2. The van der Waals surface area contributed by atoms with Crippen molar-refractivity contribution in [3.8, 4) is 5.75 Å². The fourth-order valence-electron chi connectivity index (χ4n) is 1.82. The minimum absolute atomic E-state index is 0. The maximum Gasteiger partial charge on any atom is 0.256 e. The average molecular weight is 434 g/mol. The van der Waals surface area contributed by atoms with Crippen LogP contribution in [0.4, 0.5) is 13.2 Å². The number of benzene rings is 1. The molecule has 0 unspecified atom stereocenters. The number of hydrogen-bond donors (Lipinski definition) is 1. The van der Waals surface area contributed by atoms with Crippen LogP contribution in [0.5, 0.6) is 5.75 Å². The van der Waals surface area contributed by atoms with Gasteiger partial charge in [0.15, 0.2) is 0 Å². The molecule has 1 aliphatic rings. The summed E-state index contributed by atoms with van der Waals surface area (Å²) in [6, 6.07) is 3.51. The summed E-state index contributed by atoms with van der Waals surface area (Å²) in [6.07, 6.45) is 1.63. The number of halogens is 4. The van der Waals surface area contributed by atoms with Crippen LogP contribution in [0.25, 0.3) is 5.70 Å². The number of rotatable bonds is 3. The Hall–Kier alpha value is -0.586. The molecule has 0 aliphatic carbocycles. The summed E-state index contributed by atoms with van der Waals surface area (Å²) in [6.45, 7) is 3.08. The zero-order chi connectivity index (χ0) is 14.9. The first kappa shape index (κ1) is 18.5. The summed E-state index contributed by atoms with van der Waals surface area (Å²) < 4.78 is 39.7. The van der Waals surface area contributed by atoms with Gasteiger partial charge in [-0.1, -0.05) is 22.3 Å². The second kappa shape index (κ2) is 7.61. The molecule has 21 heavy (non-hydrogen) atoms. The number of phenolic OH excluding ortho intramolecular Hbond substituents is 1. The van der Waals surface area contributed by atoms with Crippen LogP contribution >= 0.6 is 15.9 Å². The SMILES string of the molecule is C=C1C(Br)=C[C-]=C(c2ccc(O)cc2F)N1CC(F)F.[Y]. The molecule has 0 bridgehead atoms. The van der Waals surface area contributed by atoms with Crippen molar-refractivity contribution in [2.45, 2.75) is 6.43 Å². The van der Waals surface area contributed by atoms with Crippen molar-refractivity contribution >= 4 is 21.6 Å². The molecular formula is C14H10BrF3NOY-. The average Bonchev–Trinajstić information content (AvgIpc) is 2.36. The molecule has 109 valence electrons. The Morgan fingerprint density at radius 3 is 2.62 bits per heavy atom. The molecule has 7 heteroatoms. The fraction of sp³-hybridized carbons (Fsp3) is 0.143. The van der Waals surface area contributed by atoms with Gasteiger partial charge in [-0.25, -0.2) is 13.2 Å². The predicted octanol–water partition coefficient (Wildman–Crippen LogP) is 4.05. The van der Waals surface area contributed by atoms with Crippen LogP contribution in [0.2, 0.25) is 0 Å². The van der Waals surface area contributed by atoms with E-state index in [9.17, 15) is 18.3 Å². The first-order valence-corrected chi connectivity index (χ1v) is 6.42. The van der Waals surface area contributed by atoms with Gasteiger partial charge in [0.2, 0.25) is 0 Å². The van der Waals surface area contributed by atoms with Gasteiger partial charge >= 0.3 is 0 Å². The summed E-state index contributed by atoms with van der Waals surface area (Å²) in [5, 5.41) is 9.20. The normalized spacial score (nSPS) is 14.7. The molecule has 0 amide bonds. The van der Waals surface area contributed by atoms with Gasteiger partial charge in [-0.2, -0.15) is 12.2 Å². The molecule has 0 fully saturated rings. The molecule has 2 nitrogen and oxygen atoms in total. The van der Waals surface area contributed by atoms with Crippen LogP contribution in [0.15, 0.2) is 41.0 Å². The van der Waals surface area contributed by atoms with Crippen molar-refractivity contribution < 1.29 is 51.0 Å². The van der Waals surface area contributed by atoms with Crippen molar-refractivity contribution in [1.82, 2.24) is 4.90 Å². The molecule has 1 aromatic rings. The minimum Gasteiger partial charge on any atom is -0.508 e. The number of nitrogens with zero attached hydrogens (tertiary/aromatic N) is 1. The Labute approximate surface area is 154 Å². The Balaban J connectivity index is 0.00000220. The van der Waals surface area contributed by atoms with Gasteiger partial charge in [-0.15, -0.1) is 22.0 Å². The maximum absolute atomic E-state index is 13.9. The fourth-order valence-corrected chi connectivity index (χ4v) is 2.14. The van der Waals surface area contributed by atoms with E-state index in [4.69, 9.17) is 0 Å². The van der Waals surface area contributed by atoms with Crippen LogP contribution in [-0.4, -0.2) is 23.0 Å². The van der Waals surface area contributed by atoms with Crippen molar-refractivity contribution in [1.29, 1.82) is 0 Å². The van der Waals surface area contributed by atoms with Crippen molar-refractivity contribution in [2.24, 2.45) is 0 Å². The second-order valence-corrected chi connectivity index (χ2v) is 4.95. The first-order valence-electron chi connectivity index (χ1n) is 5.63. The van der Waals surface area contributed by atoms with Gasteiger partial charge in [0.1, 0.15) is 5.75 Å². The van der Waals surface area contributed by atoms with Crippen molar-refractivity contribution in [2.75, 3.05) is 6.54 Å². The molecule has 1 heterocycles. The number of phenols is 1. The molecule has 1 N–H and O–H groups in total. The summed E-state index contributed by atoms with van der Waals surface area (Å²) in [4.78, 5) is 1.18. The predicted molar refractivity (Wildman–Crippen MR) is 73.6 cm³/mol. The van der Waals surface area contributed by atoms with Crippen LogP contribution < -0.4 is 0 Å². The molecule has 0 aromatic heterocycles. The summed E-state index contributed by atoms with van der Waals surface area (Å²) in [7, 11) is 0. The van der Waals surface area contributed by atoms with E-state index in [0.717, 1.165) is 6.07 Å². The van der Waals surface area contributed by atoms with E-state index in [-0.39, 0.29) is 49.7 Å². The zero-order valence-corrected chi connectivity index (χ0v) is 15.2. The van der Waals surface area contributed by atoms with Gasteiger partial charge in [-0.3, -0.25) is 0 Å². The standard InChI is InChI=1S/C14H10BrF3NO.Y/c1-8-11(15)4-5-13(19(8)7-14(17)18)10-3-2-9(20)6-12(10)16;/h2-4,6,14,20H,1,7H2;/q-1;. The van der Waals surface area contributed by atoms with E-state index in [1.165, 1.54) is 23.1 Å². The van der Waals surface area contributed by atoms with E-state index in [1.807, 2.05) is 0 Å². The van der Waals surface area contributed by atoms with E-state index < -0.39 is 18.8 Å². The van der Waals surface area contributed by atoms with Crippen LogP contribution in [-0.2, 0) is 32.7 Å². The summed E-state index contributed by atoms with van der Waals surface area (Å²) in [5.74, 6) is -0.954. The Morgan fingerprint density at radius 2 is 2.05 bits per heavy atom. The van der Waals surface area contributed by atoms with Crippen LogP contribution in [0.1, 0.15) is 5.56 Å². The van der Waals surface area contributed by atoms with Gasteiger partial charge in [0.25, 0.3) is 6.43 Å². The molecule has 0 atom stereocenters. The van der Waals surface area contributed by atoms with Crippen molar-refractivity contribution in [3.05, 3.63) is 58.5 Å². The van der Waals surface area contributed by atoms with Gasteiger partial charge in [-0.05, 0) is 11.8 Å². The Morgan fingerprint density at radius 1 is 1.38 bits per heavy atom. The largest absolute Gasteiger partial charge is 0.508 e. The third kappa shape index (κ3) is 4.21. The smallest absolute Gasteiger partial charge is 0.256 e. The van der Waals surface area contributed by atoms with E-state index in [1.54, 1.807) is 0 Å². The number of allylic oxidation sites excluding steroid dienone is 3. The number of aromatic hydroxyl groups is 1. The third-order valence-electron chi connectivity index (χ3n) is 2.74. The topological polar surface area (TPSA) is 23.5 Å². The van der Waals surface area contributed by atoms with Crippen LogP contribution in [0.3, 0.4) is 0 Å². The molecule has 1 aliphatic heterocycles. The first-order chi connectivity index (χ1) is 9.40. The third-order valence-corrected chi connectivity index (χ3v) is 3.42. The van der Waals surface area contributed by atoms with Crippen molar-refractivity contribution in [3.63, 3.8) is 0 Å². The second-order valence-electron chi connectivity index (χ2n) is 4.10. The molecule has 0 spiro atoms. The van der Waals surface area contributed by atoms with Gasteiger partial charge in [0, 0.05) is 38.8 Å². The minimum atomic E-state index is -2.61. The quantitative estimate of drug-likeness (QED) is 0.727. The molecule has 1 aromatic carbocycles. The van der Waals surface area contributed by atoms with Gasteiger partial charge in [0.05, 0.1) is 12.4 Å². The molecular weight excluding hydrogens is 424 g/mol. The van der Waals surface area contributed by atoms with Crippen LogP contribution in [0, 0.1) is 11.9 Å². The Kier molecular flexibility index (Phi) is 6.69. The number of hydrogen-bond acceptors (Lipinski definition) is 2. The maximum atomic E-state index is 13.9.